The van der Waals surface area contributed by atoms with Crippen LogP contribution in [-0.4, -0.2) is 43.5 Å². The maximum absolute atomic E-state index is 12.2. The lowest BCUT2D eigenvalue weighted by atomic mass is 10.1. The number of carbonyl (C=O) groups excluding carboxylic acids is 1. The number of hydrogen-bond donors (Lipinski definition) is 1. The topological polar surface area (TPSA) is 79.4 Å². The standard InChI is InChI=1S/C20H21N3O3S2/c1-14-12-20(22-18-7-5-4-6-17(14)18)27-13-19(24)21-15-8-10-16(11-9-15)28(25,26)23(2)3/h4-12H,13H2,1-3H3,(H,21,24). The van der Waals surface area contributed by atoms with Gasteiger partial charge in [-0.15, -0.1) is 0 Å². The van der Waals surface area contributed by atoms with Gasteiger partial charge in [0, 0.05) is 25.2 Å². The lowest BCUT2D eigenvalue weighted by Crippen LogP contribution is -2.22. The first-order chi connectivity index (χ1) is 13.3. The van der Waals surface area contributed by atoms with Gasteiger partial charge in [0.15, 0.2) is 0 Å². The van der Waals surface area contributed by atoms with Crippen molar-refractivity contribution in [1.29, 1.82) is 0 Å². The molecule has 0 fully saturated rings. The summed E-state index contributed by atoms with van der Waals surface area (Å²) in [7, 11) is -0.528. The maximum atomic E-state index is 12.2. The molecule has 0 unspecified atom stereocenters. The first kappa shape index (κ1) is 20.3. The quantitative estimate of drug-likeness (QED) is 0.623. The molecule has 0 saturated heterocycles. The molecule has 0 aliphatic carbocycles. The number of hydrogen-bond acceptors (Lipinski definition) is 5. The number of sulfonamides is 1. The third-order valence-electron chi connectivity index (χ3n) is 4.17. The first-order valence-corrected chi connectivity index (χ1v) is 11.0. The van der Waals surface area contributed by atoms with Gasteiger partial charge in [0.05, 0.1) is 21.2 Å². The van der Waals surface area contributed by atoms with Crippen molar-refractivity contribution in [3.8, 4) is 0 Å². The van der Waals surface area contributed by atoms with Crippen LogP contribution < -0.4 is 5.32 Å². The summed E-state index contributed by atoms with van der Waals surface area (Å²) in [6.45, 7) is 2.03. The predicted octanol–water partition coefficient (Wildman–Crippen LogP) is 3.52. The Morgan fingerprint density at radius 2 is 1.79 bits per heavy atom. The number of aromatic nitrogens is 1. The van der Waals surface area contributed by atoms with Crippen molar-refractivity contribution in [2.24, 2.45) is 0 Å². The van der Waals surface area contributed by atoms with Crippen molar-refractivity contribution in [2.45, 2.75) is 16.8 Å². The number of benzene rings is 2. The van der Waals surface area contributed by atoms with Gasteiger partial charge in [0.1, 0.15) is 0 Å². The smallest absolute Gasteiger partial charge is 0.242 e. The summed E-state index contributed by atoms with van der Waals surface area (Å²) in [5, 5.41) is 4.67. The molecule has 3 rings (SSSR count). The minimum absolute atomic E-state index is 0.180. The number of nitrogens with one attached hydrogen (secondary N) is 1. The van der Waals surface area contributed by atoms with E-state index in [9.17, 15) is 13.2 Å². The van der Waals surface area contributed by atoms with Crippen LogP contribution in [0.2, 0.25) is 0 Å². The largest absolute Gasteiger partial charge is 0.325 e. The monoisotopic (exact) mass is 415 g/mol. The summed E-state index contributed by atoms with van der Waals surface area (Å²) in [5.41, 5.74) is 2.57. The minimum atomic E-state index is -3.48. The molecule has 0 radical (unpaired) electrons. The van der Waals surface area contributed by atoms with Gasteiger partial charge in [-0.25, -0.2) is 17.7 Å². The van der Waals surface area contributed by atoms with Crippen molar-refractivity contribution in [3.63, 3.8) is 0 Å². The average Bonchev–Trinajstić information content (AvgIpc) is 2.67. The fourth-order valence-electron chi connectivity index (χ4n) is 2.65. The molecule has 1 N–H and O–H groups in total. The third kappa shape index (κ3) is 4.52. The fourth-order valence-corrected chi connectivity index (χ4v) is 4.33. The van der Waals surface area contributed by atoms with E-state index in [-0.39, 0.29) is 16.6 Å². The van der Waals surface area contributed by atoms with Gasteiger partial charge in [-0.2, -0.15) is 0 Å². The van der Waals surface area contributed by atoms with Crippen molar-refractivity contribution in [2.75, 3.05) is 25.2 Å². The van der Waals surface area contributed by atoms with Crippen LogP contribution in [0.3, 0.4) is 0 Å². The van der Waals surface area contributed by atoms with E-state index >= 15 is 0 Å². The summed E-state index contributed by atoms with van der Waals surface area (Å²) in [6, 6.07) is 16.0. The minimum Gasteiger partial charge on any atom is -0.325 e. The molecule has 0 aliphatic heterocycles. The normalized spacial score (nSPS) is 11.7. The highest BCUT2D eigenvalue weighted by Crippen LogP contribution is 2.24. The number of rotatable bonds is 6. The van der Waals surface area contributed by atoms with Gasteiger partial charge in [0.25, 0.3) is 0 Å². The molecule has 0 aliphatic rings. The van der Waals surface area contributed by atoms with E-state index in [1.807, 2.05) is 37.3 Å². The number of anilines is 1. The van der Waals surface area contributed by atoms with Crippen molar-refractivity contribution >= 4 is 44.3 Å². The SMILES string of the molecule is Cc1cc(SCC(=O)Nc2ccc(S(=O)(=O)N(C)C)cc2)nc2ccccc12. The maximum Gasteiger partial charge on any atom is 0.242 e. The molecule has 2 aromatic carbocycles. The second-order valence-electron chi connectivity index (χ2n) is 6.44. The number of para-hydroxylation sites is 1. The van der Waals surface area contributed by atoms with Crippen LogP contribution >= 0.6 is 11.8 Å². The molecule has 0 saturated carbocycles. The molecule has 1 amide bonds. The van der Waals surface area contributed by atoms with Crippen LogP contribution in [0.5, 0.6) is 0 Å². The molecule has 3 aromatic rings. The highest BCUT2D eigenvalue weighted by atomic mass is 32.2. The number of aryl methyl sites for hydroxylation is 1. The number of nitrogens with zero attached hydrogens (tertiary/aromatic N) is 2. The van der Waals surface area contributed by atoms with Crippen LogP contribution in [0.1, 0.15) is 5.56 Å². The predicted molar refractivity (Wildman–Crippen MR) is 113 cm³/mol. The first-order valence-electron chi connectivity index (χ1n) is 8.59. The zero-order valence-electron chi connectivity index (χ0n) is 15.8. The van der Waals surface area contributed by atoms with Gasteiger partial charge in [-0.3, -0.25) is 4.79 Å². The second kappa shape index (κ2) is 8.30. The van der Waals surface area contributed by atoms with E-state index in [2.05, 4.69) is 10.3 Å². The van der Waals surface area contributed by atoms with E-state index in [1.54, 1.807) is 12.1 Å². The molecule has 1 heterocycles. The van der Waals surface area contributed by atoms with Crippen molar-refractivity contribution in [3.05, 3.63) is 60.2 Å². The Morgan fingerprint density at radius 3 is 2.46 bits per heavy atom. The zero-order valence-corrected chi connectivity index (χ0v) is 17.5. The Kier molecular flexibility index (Phi) is 6.02. The third-order valence-corrected chi connectivity index (χ3v) is 6.91. The number of fused-ring (bicyclic) bond motifs is 1. The molecule has 6 nitrogen and oxygen atoms in total. The van der Waals surface area contributed by atoms with E-state index in [0.717, 1.165) is 25.8 Å². The second-order valence-corrected chi connectivity index (χ2v) is 9.59. The Bertz CT molecular complexity index is 1110. The summed E-state index contributed by atoms with van der Waals surface area (Å²) >= 11 is 1.36. The molecule has 1 aromatic heterocycles. The Hall–Kier alpha value is -2.42. The molecule has 0 spiro atoms. The molecule has 0 atom stereocenters. The van der Waals surface area contributed by atoms with Gasteiger partial charge in [0.2, 0.25) is 15.9 Å². The molecular formula is C20H21N3O3S2. The Labute approximate surface area is 169 Å². The molecule has 146 valence electrons. The molecular weight excluding hydrogens is 394 g/mol. The number of pyridine rings is 1. The lowest BCUT2D eigenvalue weighted by Gasteiger charge is -2.12. The summed E-state index contributed by atoms with van der Waals surface area (Å²) in [6.07, 6.45) is 0. The Balaban J connectivity index is 1.63. The summed E-state index contributed by atoms with van der Waals surface area (Å²) in [5.74, 6) is 0.0311. The van der Waals surface area contributed by atoms with Crippen molar-refractivity contribution in [1.82, 2.24) is 9.29 Å². The molecule has 0 bridgehead atoms. The highest BCUT2D eigenvalue weighted by molar-refractivity contribution is 7.99. The van der Waals surface area contributed by atoms with E-state index in [1.165, 1.54) is 38.0 Å². The van der Waals surface area contributed by atoms with E-state index in [0.29, 0.717) is 5.69 Å². The van der Waals surface area contributed by atoms with Gasteiger partial charge >= 0.3 is 0 Å². The van der Waals surface area contributed by atoms with Crippen LogP contribution in [0.15, 0.2) is 64.5 Å². The van der Waals surface area contributed by atoms with Crippen LogP contribution in [0.25, 0.3) is 10.9 Å². The van der Waals surface area contributed by atoms with Gasteiger partial charge in [-0.05, 0) is 48.9 Å². The number of carbonyl (C=O) groups is 1. The van der Waals surface area contributed by atoms with Gasteiger partial charge in [-0.1, -0.05) is 30.0 Å². The highest BCUT2D eigenvalue weighted by Gasteiger charge is 2.16. The van der Waals surface area contributed by atoms with E-state index < -0.39 is 10.0 Å². The van der Waals surface area contributed by atoms with Crippen LogP contribution in [0, 0.1) is 6.92 Å². The summed E-state index contributed by atoms with van der Waals surface area (Å²) < 4.78 is 25.3. The zero-order chi connectivity index (χ0) is 20.3. The average molecular weight is 416 g/mol. The molecule has 28 heavy (non-hydrogen) atoms. The lowest BCUT2D eigenvalue weighted by molar-refractivity contribution is -0.113. The number of thioether (sulfide) groups is 1. The summed E-state index contributed by atoms with van der Waals surface area (Å²) in [4.78, 5) is 17.0. The van der Waals surface area contributed by atoms with Crippen LogP contribution in [-0.2, 0) is 14.8 Å². The fraction of sp³-hybridized carbons (Fsp3) is 0.200. The Morgan fingerprint density at radius 1 is 1.11 bits per heavy atom. The van der Waals surface area contributed by atoms with Crippen LogP contribution in [0.4, 0.5) is 5.69 Å². The van der Waals surface area contributed by atoms with Gasteiger partial charge < -0.3 is 5.32 Å². The molecule has 8 heteroatoms. The van der Waals surface area contributed by atoms with E-state index in [4.69, 9.17) is 0 Å². The number of amides is 1. The van der Waals surface area contributed by atoms with Crippen molar-refractivity contribution < 1.29 is 13.2 Å².